The van der Waals surface area contributed by atoms with Crippen LogP contribution in [0.1, 0.15) is 18.4 Å². The molecule has 0 atom stereocenters. The highest BCUT2D eigenvalue weighted by Gasteiger charge is 2.19. The first-order valence-corrected chi connectivity index (χ1v) is 9.58. The van der Waals surface area contributed by atoms with Gasteiger partial charge >= 0.3 is 0 Å². The Labute approximate surface area is 167 Å². The molecule has 1 aromatic carbocycles. The molecule has 7 nitrogen and oxygen atoms in total. The van der Waals surface area contributed by atoms with Crippen LogP contribution in [0.4, 0.5) is 0 Å². The first kappa shape index (κ1) is 22.0. The molecular weight excluding hydrogens is 360 g/mol. The summed E-state index contributed by atoms with van der Waals surface area (Å²) in [6.45, 7) is 4.58. The molecule has 2 rings (SSSR count). The molecule has 1 aromatic rings. The molecule has 1 aliphatic heterocycles. The van der Waals surface area contributed by atoms with Gasteiger partial charge in [-0.25, -0.2) is 0 Å². The number of hydrogen-bond acceptors (Lipinski definition) is 6. The van der Waals surface area contributed by atoms with Crippen molar-refractivity contribution in [3.8, 4) is 17.2 Å². The minimum atomic E-state index is -0.101. The minimum Gasteiger partial charge on any atom is -0.493 e. The van der Waals surface area contributed by atoms with Gasteiger partial charge in [-0.1, -0.05) is 0 Å². The zero-order valence-electron chi connectivity index (χ0n) is 17.3. The predicted octanol–water partition coefficient (Wildman–Crippen LogP) is 2.20. The molecule has 7 heteroatoms. The summed E-state index contributed by atoms with van der Waals surface area (Å²) < 4.78 is 21.1. The highest BCUT2D eigenvalue weighted by Crippen LogP contribution is 2.38. The summed E-state index contributed by atoms with van der Waals surface area (Å²) in [6, 6.07) is 3.61. The lowest BCUT2D eigenvalue weighted by Gasteiger charge is -2.31. The van der Waals surface area contributed by atoms with E-state index >= 15 is 0 Å². The zero-order chi connectivity index (χ0) is 20.4. The van der Waals surface area contributed by atoms with E-state index in [0.29, 0.717) is 29.7 Å². The van der Waals surface area contributed by atoms with Crippen molar-refractivity contribution >= 4 is 12.0 Å². The summed E-state index contributed by atoms with van der Waals surface area (Å²) in [6.07, 6.45) is 5.47. The van der Waals surface area contributed by atoms with Crippen molar-refractivity contribution in [2.45, 2.75) is 12.8 Å². The number of piperidine rings is 1. The number of ether oxygens (including phenoxy) is 4. The van der Waals surface area contributed by atoms with Crippen LogP contribution in [-0.4, -0.2) is 72.0 Å². The number of benzene rings is 1. The van der Waals surface area contributed by atoms with Crippen LogP contribution >= 0.6 is 0 Å². The predicted molar refractivity (Wildman–Crippen MR) is 109 cm³/mol. The summed E-state index contributed by atoms with van der Waals surface area (Å²) in [7, 11) is 6.43. The Morgan fingerprint density at radius 2 is 1.75 bits per heavy atom. The first-order valence-electron chi connectivity index (χ1n) is 9.58. The van der Waals surface area contributed by atoms with Crippen molar-refractivity contribution < 1.29 is 23.7 Å². The fourth-order valence-corrected chi connectivity index (χ4v) is 3.31. The second-order valence-electron chi connectivity index (χ2n) is 6.81. The number of nitrogens with zero attached hydrogens (tertiary/aromatic N) is 1. The molecule has 1 fully saturated rings. The van der Waals surface area contributed by atoms with Crippen LogP contribution < -0.4 is 19.5 Å². The van der Waals surface area contributed by atoms with Crippen LogP contribution in [0.25, 0.3) is 6.08 Å². The van der Waals surface area contributed by atoms with E-state index in [2.05, 4.69) is 10.2 Å². The van der Waals surface area contributed by atoms with E-state index in [1.165, 1.54) is 6.08 Å². The van der Waals surface area contributed by atoms with Crippen molar-refractivity contribution in [3.63, 3.8) is 0 Å². The molecule has 0 aliphatic carbocycles. The molecule has 1 saturated heterocycles. The van der Waals surface area contributed by atoms with Crippen molar-refractivity contribution in [3.05, 3.63) is 23.8 Å². The average Bonchev–Trinajstić information content (AvgIpc) is 2.74. The maximum Gasteiger partial charge on any atom is 0.244 e. The van der Waals surface area contributed by atoms with Gasteiger partial charge in [0.25, 0.3) is 0 Å². The van der Waals surface area contributed by atoms with Gasteiger partial charge in [0.05, 0.1) is 27.9 Å². The van der Waals surface area contributed by atoms with Gasteiger partial charge in [-0.05, 0) is 55.6 Å². The topological polar surface area (TPSA) is 69.3 Å². The second kappa shape index (κ2) is 11.6. The van der Waals surface area contributed by atoms with Crippen LogP contribution in [0.5, 0.6) is 17.2 Å². The quantitative estimate of drug-likeness (QED) is 0.616. The SMILES string of the molecule is COCCN1CCC(CNC(=O)/C=C/c2cc(OC)c(OC)c(OC)c2)CC1. The van der Waals surface area contributed by atoms with Crippen LogP contribution in [0.3, 0.4) is 0 Å². The summed E-state index contributed by atoms with van der Waals surface area (Å²) in [5.74, 6) is 2.07. The van der Waals surface area contributed by atoms with Gasteiger partial charge in [-0.3, -0.25) is 4.79 Å². The summed E-state index contributed by atoms with van der Waals surface area (Å²) in [5.41, 5.74) is 0.802. The number of amides is 1. The van der Waals surface area contributed by atoms with Crippen LogP contribution in [0.2, 0.25) is 0 Å². The maximum absolute atomic E-state index is 12.2. The molecular formula is C21H32N2O5. The van der Waals surface area contributed by atoms with Crippen LogP contribution in [0, 0.1) is 5.92 Å². The number of likely N-dealkylation sites (tertiary alicyclic amines) is 1. The summed E-state index contributed by atoms with van der Waals surface area (Å²) in [5, 5.41) is 3.00. The lowest BCUT2D eigenvalue weighted by molar-refractivity contribution is -0.116. The van der Waals surface area contributed by atoms with E-state index < -0.39 is 0 Å². The van der Waals surface area contributed by atoms with Gasteiger partial charge in [0.15, 0.2) is 11.5 Å². The van der Waals surface area contributed by atoms with E-state index in [0.717, 1.165) is 44.6 Å². The number of nitrogens with one attached hydrogen (secondary N) is 1. The van der Waals surface area contributed by atoms with Gasteiger partial charge in [0.2, 0.25) is 11.7 Å². The molecule has 0 unspecified atom stereocenters. The number of rotatable bonds is 10. The Morgan fingerprint density at radius 1 is 1.11 bits per heavy atom. The van der Waals surface area contributed by atoms with Gasteiger partial charge in [0.1, 0.15) is 0 Å². The zero-order valence-corrected chi connectivity index (χ0v) is 17.3. The second-order valence-corrected chi connectivity index (χ2v) is 6.81. The van der Waals surface area contributed by atoms with Crippen LogP contribution in [0.15, 0.2) is 18.2 Å². The Hall–Kier alpha value is -2.25. The molecule has 0 radical (unpaired) electrons. The maximum atomic E-state index is 12.2. The molecule has 1 amide bonds. The third-order valence-corrected chi connectivity index (χ3v) is 5.00. The molecule has 0 spiro atoms. The van der Waals surface area contributed by atoms with Gasteiger partial charge < -0.3 is 29.2 Å². The smallest absolute Gasteiger partial charge is 0.244 e. The standard InChI is InChI=1S/C21H32N2O5/c1-25-12-11-23-9-7-16(8-10-23)15-22-20(24)6-5-17-13-18(26-2)21(28-4)19(14-17)27-3/h5-6,13-14,16H,7-12,15H2,1-4H3,(H,22,24)/b6-5+. The fraction of sp³-hybridized carbons (Fsp3) is 0.571. The average molecular weight is 392 g/mol. The third kappa shape index (κ3) is 6.42. The van der Waals surface area contributed by atoms with E-state index in [4.69, 9.17) is 18.9 Å². The van der Waals surface area contributed by atoms with E-state index in [-0.39, 0.29) is 5.91 Å². The monoisotopic (exact) mass is 392 g/mol. The Bertz CT molecular complexity index is 629. The number of carbonyl (C=O) groups is 1. The molecule has 1 heterocycles. The van der Waals surface area contributed by atoms with Gasteiger partial charge in [-0.15, -0.1) is 0 Å². The lowest BCUT2D eigenvalue weighted by Crippen LogP contribution is -2.39. The van der Waals surface area contributed by atoms with Gasteiger partial charge in [0, 0.05) is 26.3 Å². The van der Waals surface area contributed by atoms with Crippen molar-refractivity contribution in [2.24, 2.45) is 5.92 Å². The Balaban J connectivity index is 1.84. The largest absolute Gasteiger partial charge is 0.493 e. The molecule has 1 N–H and O–H groups in total. The third-order valence-electron chi connectivity index (χ3n) is 5.00. The van der Waals surface area contributed by atoms with Crippen LogP contribution in [-0.2, 0) is 9.53 Å². The van der Waals surface area contributed by atoms with E-state index in [1.807, 2.05) is 0 Å². The lowest BCUT2D eigenvalue weighted by atomic mass is 9.97. The normalized spacial score (nSPS) is 15.6. The molecule has 0 aromatic heterocycles. The highest BCUT2D eigenvalue weighted by atomic mass is 16.5. The molecule has 0 saturated carbocycles. The number of hydrogen-bond donors (Lipinski definition) is 1. The van der Waals surface area contributed by atoms with E-state index in [1.54, 1.807) is 46.6 Å². The number of carbonyl (C=O) groups excluding carboxylic acids is 1. The highest BCUT2D eigenvalue weighted by molar-refractivity contribution is 5.91. The van der Waals surface area contributed by atoms with Crippen molar-refractivity contribution in [1.29, 1.82) is 0 Å². The van der Waals surface area contributed by atoms with Crippen molar-refractivity contribution in [1.82, 2.24) is 10.2 Å². The van der Waals surface area contributed by atoms with Gasteiger partial charge in [-0.2, -0.15) is 0 Å². The molecule has 1 aliphatic rings. The summed E-state index contributed by atoms with van der Waals surface area (Å²) in [4.78, 5) is 14.6. The molecule has 28 heavy (non-hydrogen) atoms. The Kier molecular flexibility index (Phi) is 9.10. The fourth-order valence-electron chi connectivity index (χ4n) is 3.31. The molecule has 156 valence electrons. The first-order chi connectivity index (χ1) is 13.6. The molecule has 0 bridgehead atoms. The van der Waals surface area contributed by atoms with Crippen molar-refractivity contribution in [2.75, 3.05) is 61.2 Å². The number of methoxy groups -OCH3 is 4. The minimum absolute atomic E-state index is 0.101. The van der Waals surface area contributed by atoms with E-state index in [9.17, 15) is 4.79 Å². The Morgan fingerprint density at radius 3 is 2.29 bits per heavy atom. The summed E-state index contributed by atoms with van der Waals surface area (Å²) >= 11 is 0.